The maximum atomic E-state index is 9.18. The lowest BCUT2D eigenvalue weighted by molar-refractivity contribution is 0.214. The summed E-state index contributed by atoms with van der Waals surface area (Å²) in [7, 11) is 4.82. The second kappa shape index (κ2) is 8.10. The fourth-order valence-electron chi connectivity index (χ4n) is 2.25. The van der Waals surface area contributed by atoms with E-state index in [-0.39, 0.29) is 12.1 Å². The van der Waals surface area contributed by atoms with Gasteiger partial charge in [-0.3, -0.25) is 0 Å². The van der Waals surface area contributed by atoms with Gasteiger partial charge in [-0.15, -0.1) is 0 Å². The topological polar surface area (TPSA) is 60.0 Å². The lowest BCUT2D eigenvalue weighted by Crippen LogP contribution is -2.42. The van der Waals surface area contributed by atoms with E-state index in [0.717, 1.165) is 12.0 Å². The van der Waals surface area contributed by atoms with Gasteiger partial charge in [-0.05, 0) is 25.8 Å². The molecule has 1 aromatic carbocycles. The molecule has 0 radical (unpaired) electrons. The molecule has 1 rings (SSSR count). The van der Waals surface area contributed by atoms with Crippen molar-refractivity contribution in [3.63, 3.8) is 0 Å². The van der Waals surface area contributed by atoms with Crippen molar-refractivity contribution >= 4 is 0 Å². The maximum absolute atomic E-state index is 9.18. The highest BCUT2D eigenvalue weighted by atomic mass is 16.5. The van der Waals surface area contributed by atoms with Crippen LogP contribution in [0.3, 0.4) is 0 Å². The van der Waals surface area contributed by atoms with Gasteiger partial charge in [0.1, 0.15) is 0 Å². The number of aliphatic hydroxyl groups is 1. The van der Waals surface area contributed by atoms with Crippen molar-refractivity contribution < 1.29 is 19.3 Å². The van der Waals surface area contributed by atoms with Gasteiger partial charge in [0.05, 0.1) is 21.3 Å². The van der Waals surface area contributed by atoms with Gasteiger partial charge in [0, 0.05) is 24.3 Å². The molecule has 1 atom stereocenters. The van der Waals surface area contributed by atoms with Crippen LogP contribution in [0.1, 0.15) is 32.3 Å². The quantitative estimate of drug-likeness (QED) is 0.733. The van der Waals surface area contributed by atoms with E-state index in [1.165, 1.54) is 0 Å². The molecule has 0 aliphatic rings. The summed E-state index contributed by atoms with van der Waals surface area (Å²) in [6, 6.07) is 3.83. The van der Waals surface area contributed by atoms with Crippen LogP contribution in [0.5, 0.6) is 17.2 Å². The van der Waals surface area contributed by atoms with Crippen LogP contribution in [0.25, 0.3) is 0 Å². The summed E-state index contributed by atoms with van der Waals surface area (Å²) in [5.41, 5.74) is 0.889. The number of aliphatic hydroxyl groups excluding tert-OH is 1. The minimum atomic E-state index is -0.104. The van der Waals surface area contributed by atoms with Gasteiger partial charge >= 0.3 is 0 Å². The number of hydrogen-bond acceptors (Lipinski definition) is 5. The van der Waals surface area contributed by atoms with Gasteiger partial charge in [-0.2, -0.15) is 0 Å². The summed E-state index contributed by atoms with van der Waals surface area (Å²) >= 11 is 0. The third kappa shape index (κ3) is 4.25. The second-order valence-electron chi connectivity index (χ2n) is 5.23. The predicted octanol–water partition coefficient (Wildman–Crippen LogP) is 2.35. The molecular formula is C16H27NO4. The van der Waals surface area contributed by atoms with E-state index in [4.69, 9.17) is 14.2 Å². The third-order valence-electron chi connectivity index (χ3n) is 3.94. The zero-order valence-electron chi connectivity index (χ0n) is 13.7. The Balaban J connectivity index is 2.98. The Kier molecular flexibility index (Phi) is 6.78. The average Bonchev–Trinajstić information content (AvgIpc) is 2.51. The van der Waals surface area contributed by atoms with Gasteiger partial charge in [-0.25, -0.2) is 0 Å². The van der Waals surface area contributed by atoms with Crippen LogP contribution in [-0.2, 0) is 6.54 Å². The van der Waals surface area contributed by atoms with Gasteiger partial charge in [-0.1, -0.05) is 13.0 Å². The van der Waals surface area contributed by atoms with E-state index in [9.17, 15) is 5.11 Å². The molecule has 0 aromatic heterocycles. The molecule has 0 bridgehead atoms. The Morgan fingerprint density at radius 1 is 1.10 bits per heavy atom. The summed E-state index contributed by atoms with van der Waals surface area (Å²) in [6.45, 7) is 5.01. The third-order valence-corrected chi connectivity index (χ3v) is 3.94. The highest BCUT2D eigenvalue weighted by Gasteiger charge is 2.22. The van der Waals surface area contributed by atoms with Crippen LogP contribution >= 0.6 is 0 Å². The smallest absolute Gasteiger partial charge is 0.203 e. The summed E-state index contributed by atoms with van der Waals surface area (Å²) in [5, 5.41) is 12.7. The van der Waals surface area contributed by atoms with Crippen molar-refractivity contribution in [1.29, 1.82) is 0 Å². The van der Waals surface area contributed by atoms with Gasteiger partial charge in [0.25, 0.3) is 0 Å². The van der Waals surface area contributed by atoms with Gasteiger partial charge in [0.15, 0.2) is 11.5 Å². The normalized spacial score (nSPS) is 13.6. The van der Waals surface area contributed by atoms with E-state index in [2.05, 4.69) is 19.2 Å². The van der Waals surface area contributed by atoms with E-state index >= 15 is 0 Å². The molecule has 5 heteroatoms. The minimum Gasteiger partial charge on any atom is -0.493 e. The highest BCUT2D eigenvalue weighted by molar-refractivity contribution is 5.55. The molecule has 1 aromatic rings. The van der Waals surface area contributed by atoms with Crippen LogP contribution in [0, 0.1) is 0 Å². The lowest BCUT2D eigenvalue weighted by atomic mass is 9.94. The van der Waals surface area contributed by atoms with E-state index < -0.39 is 0 Å². The largest absolute Gasteiger partial charge is 0.493 e. The Labute approximate surface area is 127 Å². The van der Waals surface area contributed by atoms with Crippen LogP contribution in [0.4, 0.5) is 0 Å². The van der Waals surface area contributed by atoms with Crippen LogP contribution in [0.2, 0.25) is 0 Å². The first kappa shape index (κ1) is 17.6. The minimum absolute atomic E-state index is 0.104. The Morgan fingerprint density at radius 3 is 2.24 bits per heavy atom. The van der Waals surface area contributed by atoms with Crippen LogP contribution < -0.4 is 19.5 Å². The first-order chi connectivity index (χ1) is 10.0. The van der Waals surface area contributed by atoms with Crippen LogP contribution in [-0.4, -0.2) is 38.6 Å². The number of hydrogen-bond donors (Lipinski definition) is 2. The zero-order valence-corrected chi connectivity index (χ0v) is 13.7. The first-order valence-corrected chi connectivity index (χ1v) is 7.19. The number of benzene rings is 1. The molecule has 5 nitrogen and oxygen atoms in total. The molecular weight excluding hydrogens is 270 g/mol. The van der Waals surface area contributed by atoms with Crippen LogP contribution in [0.15, 0.2) is 12.1 Å². The Hall–Kier alpha value is -1.46. The molecule has 1 unspecified atom stereocenters. The molecule has 0 fully saturated rings. The standard InChI is InChI=1S/C16H27NO4/c1-6-16(2,9-10-18)17-11-12-7-8-13(19-3)15(21-5)14(12)20-4/h7-8,17-18H,6,9-11H2,1-5H3. The van der Waals surface area contributed by atoms with Crippen molar-refractivity contribution in [2.75, 3.05) is 27.9 Å². The van der Waals surface area contributed by atoms with Crippen molar-refractivity contribution in [2.45, 2.75) is 38.8 Å². The molecule has 0 aliphatic heterocycles. The van der Waals surface area contributed by atoms with Crippen molar-refractivity contribution in [3.05, 3.63) is 17.7 Å². The van der Waals surface area contributed by atoms with Crippen molar-refractivity contribution in [3.8, 4) is 17.2 Å². The van der Waals surface area contributed by atoms with E-state index in [1.54, 1.807) is 21.3 Å². The number of rotatable bonds is 9. The average molecular weight is 297 g/mol. The predicted molar refractivity (Wildman–Crippen MR) is 83.3 cm³/mol. The fraction of sp³-hybridized carbons (Fsp3) is 0.625. The van der Waals surface area contributed by atoms with Gasteiger partial charge < -0.3 is 24.6 Å². The number of ether oxygens (including phenoxy) is 3. The molecule has 0 spiro atoms. The lowest BCUT2D eigenvalue weighted by Gasteiger charge is -2.29. The Morgan fingerprint density at radius 2 is 1.76 bits per heavy atom. The SMILES string of the molecule is CCC(C)(CCO)NCc1ccc(OC)c(OC)c1OC. The monoisotopic (exact) mass is 297 g/mol. The fourth-order valence-corrected chi connectivity index (χ4v) is 2.25. The van der Waals surface area contributed by atoms with Gasteiger partial charge in [0.2, 0.25) is 5.75 Å². The first-order valence-electron chi connectivity index (χ1n) is 7.19. The molecule has 0 saturated heterocycles. The number of methoxy groups -OCH3 is 3. The molecule has 0 saturated carbocycles. The van der Waals surface area contributed by atoms with Crippen molar-refractivity contribution in [1.82, 2.24) is 5.32 Å². The summed E-state index contributed by atoms with van der Waals surface area (Å²) in [6.07, 6.45) is 1.64. The summed E-state index contributed by atoms with van der Waals surface area (Å²) in [4.78, 5) is 0. The van der Waals surface area contributed by atoms with E-state index in [1.807, 2.05) is 12.1 Å². The molecule has 0 heterocycles. The van der Waals surface area contributed by atoms with Crippen molar-refractivity contribution in [2.24, 2.45) is 0 Å². The highest BCUT2D eigenvalue weighted by Crippen LogP contribution is 2.39. The molecule has 120 valence electrons. The number of nitrogens with one attached hydrogen (secondary N) is 1. The molecule has 21 heavy (non-hydrogen) atoms. The molecule has 0 amide bonds. The second-order valence-corrected chi connectivity index (χ2v) is 5.23. The zero-order chi connectivity index (χ0) is 15.9. The summed E-state index contributed by atoms with van der Waals surface area (Å²) in [5.74, 6) is 1.91. The maximum Gasteiger partial charge on any atom is 0.203 e. The summed E-state index contributed by atoms with van der Waals surface area (Å²) < 4.78 is 16.1. The Bertz CT molecular complexity index is 450. The van der Waals surface area contributed by atoms with E-state index in [0.29, 0.717) is 30.2 Å². The molecule has 2 N–H and O–H groups in total. The molecule has 0 aliphatic carbocycles.